The Balaban J connectivity index is 1.30. The number of hydrogen-bond donors (Lipinski definition) is 6. The zero-order chi connectivity index (χ0) is 37.1. The first-order chi connectivity index (χ1) is 24.4. The minimum absolute atomic E-state index is 0.108. The number of fused-ring (bicyclic) bond motifs is 1. The molecule has 0 radical (unpaired) electrons. The molecule has 4 atom stereocenters. The number of nitrogens with zero attached hydrogens (tertiary/aromatic N) is 3. The fourth-order valence-electron chi connectivity index (χ4n) is 5.97. The van der Waals surface area contributed by atoms with Crippen LogP contribution in [0.3, 0.4) is 0 Å². The Morgan fingerprint density at radius 2 is 1.65 bits per heavy atom. The standard InChI is InChI=1S/C35H44N8O8/c1-43(16-15-22-19-38-30-28(22)29(36)41-35(37)42-30)24-11-9-21(10-12-24)31(45)40-25(34(49)51-3)13-14-27(44)39-26(32(46)47)18-23(33(48)50-2)17-20-7-5-4-6-8-20/h4-12,22-23,25-26H,13-19H2,1-3H3,(H,39,44)(H,40,45)(H,46,47)(H5,36,37,38,41,42)/t22?,23?,25-,26-/m0/s1. The van der Waals surface area contributed by atoms with Crippen LogP contribution in [-0.2, 0) is 35.1 Å². The first-order valence-electron chi connectivity index (χ1n) is 16.4. The number of esters is 2. The number of hydrogen-bond acceptors (Lipinski definition) is 13. The molecule has 2 amide bonds. The number of nitrogens with one attached hydrogen (secondary N) is 3. The molecule has 0 bridgehead atoms. The van der Waals surface area contributed by atoms with Crippen molar-refractivity contribution in [2.75, 3.05) is 56.0 Å². The van der Waals surface area contributed by atoms with E-state index in [0.717, 1.165) is 30.3 Å². The van der Waals surface area contributed by atoms with Crippen molar-refractivity contribution >= 4 is 53.0 Å². The quantitative estimate of drug-likeness (QED) is 0.110. The first-order valence-corrected chi connectivity index (χ1v) is 16.4. The van der Waals surface area contributed by atoms with Gasteiger partial charge >= 0.3 is 17.9 Å². The molecule has 51 heavy (non-hydrogen) atoms. The number of nitrogens with two attached hydrogens (primary N) is 2. The highest BCUT2D eigenvalue weighted by Crippen LogP contribution is 2.36. The smallest absolute Gasteiger partial charge is 0.328 e. The van der Waals surface area contributed by atoms with Gasteiger partial charge < -0.3 is 46.9 Å². The zero-order valence-electron chi connectivity index (χ0n) is 28.8. The zero-order valence-corrected chi connectivity index (χ0v) is 28.8. The Bertz CT molecular complexity index is 1710. The average molecular weight is 705 g/mol. The van der Waals surface area contributed by atoms with Gasteiger partial charge in [-0.3, -0.25) is 14.4 Å². The van der Waals surface area contributed by atoms with Crippen molar-refractivity contribution in [3.8, 4) is 0 Å². The minimum Gasteiger partial charge on any atom is -0.480 e. The molecule has 3 aromatic rings. The van der Waals surface area contributed by atoms with Crippen LogP contribution in [0.15, 0.2) is 54.6 Å². The molecule has 1 aromatic heterocycles. The largest absolute Gasteiger partial charge is 0.480 e. The third-order valence-electron chi connectivity index (χ3n) is 8.76. The van der Waals surface area contributed by atoms with Crippen molar-refractivity contribution in [3.63, 3.8) is 0 Å². The maximum atomic E-state index is 13.1. The first kappa shape index (κ1) is 37.9. The lowest BCUT2D eigenvalue weighted by molar-refractivity contribution is -0.148. The Labute approximate surface area is 295 Å². The second-order valence-electron chi connectivity index (χ2n) is 12.3. The highest BCUT2D eigenvalue weighted by molar-refractivity contribution is 5.97. The summed E-state index contributed by atoms with van der Waals surface area (Å²) in [6.07, 6.45) is 0.299. The van der Waals surface area contributed by atoms with Gasteiger partial charge in [0.05, 0.1) is 20.1 Å². The lowest BCUT2D eigenvalue weighted by Gasteiger charge is -2.22. The van der Waals surface area contributed by atoms with Gasteiger partial charge in [0.2, 0.25) is 11.9 Å². The topological polar surface area (TPSA) is 241 Å². The third kappa shape index (κ3) is 10.3. The van der Waals surface area contributed by atoms with Gasteiger partial charge in [0.15, 0.2) is 0 Å². The van der Waals surface area contributed by atoms with Gasteiger partial charge in [-0.1, -0.05) is 30.3 Å². The van der Waals surface area contributed by atoms with E-state index >= 15 is 0 Å². The number of anilines is 4. The maximum absolute atomic E-state index is 13.1. The molecule has 0 aliphatic carbocycles. The molecule has 0 spiro atoms. The van der Waals surface area contributed by atoms with Gasteiger partial charge in [0, 0.05) is 49.3 Å². The Hall–Kier alpha value is -5.93. The molecule has 0 saturated heterocycles. The number of carboxylic acid groups (broad SMARTS) is 1. The summed E-state index contributed by atoms with van der Waals surface area (Å²) < 4.78 is 9.71. The number of carbonyl (C=O) groups excluding carboxylic acids is 4. The summed E-state index contributed by atoms with van der Waals surface area (Å²) in [5, 5.41) is 18.1. The number of carboxylic acids is 1. The van der Waals surface area contributed by atoms with Crippen LogP contribution in [0.5, 0.6) is 0 Å². The summed E-state index contributed by atoms with van der Waals surface area (Å²) >= 11 is 0. The monoisotopic (exact) mass is 704 g/mol. The summed E-state index contributed by atoms with van der Waals surface area (Å²) in [5.74, 6) is -3.53. The number of nitrogen functional groups attached to an aromatic ring is 2. The molecular formula is C35H44N8O8. The molecule has 16 nitrogen and oxygen atoms in total. The average Bonchev–Trinajstić information content (AvgIpc) is 3.54. The Kier molecular flexibility index (Phi) is 13.1. The SMILES string of the molecule is COC(=O)C(Cc1ccccc1)C[C@H](NC(=O)CC[C@H](NC(=O)c1ccc(N(C)CCC2CNc3nc(N)nc(N)c32)cc1)C(=O)OC)C(=O)O. The van der Waals surface area contributed by atoms with Crippen molar-refractivity contribution in [1.29, 1.82) is 0 Å². The van der Waals surface area contributed by atoms with E-state index in [1.807, 2.05) is 18.0 Å². The minimum atomic E-state index is -1.40. The third-order valence-corrected chi connectivity index (χ3v) is 8.76. The molecule has 2 aromatic carbocycles. The molecule has 0 saturated carbocycles. The Morgan fingerprint density at radius 1 is 0.961 bits per heavy atom. The van der Waals surface area contributed by atoms with Gasteiger partial charge in [-0.25, -0.2) is 9.59 Å². The van der Waals surface area contributed by atoms with E-state index in [9.17, 15) is 29.1 Å². The van der Waals surface area contributed by atoms with Crippen LogP contribution < -0.4 is 32.3 Å². The van der Waals surface area contributed by atoms with E-state index in [1.54, 1.807) is 48.5 Å². The summed E-state index contributed by atoms with van der Waals surface area (Å²) in [6.45, 7) is 1.34. The van der Waals surface area contributed by atoms with Gasteiger partial charge in [-0.2, -0.15) is 9.97 Å². The number of rotatable bonds is 17. The van der Waals surface area contributed by atoms with Crippen LogP contribution in [0.2, 0.25) is 0 Å². The fourth-order valence-corrected chi connectivity index (χ4v) is 5.97. The van der Waals surface area contributed by atoms with E-state index in [1.165, 1.54) is 7.11 Å². The summed E-state index contributed by atoms with van der Waals surface area (Å²) in [7, 11) is 4.29. The predicted molar refractivity (Wildman–Crippen MR) is 189 cm³/mol. The van der Waals surface area contributed by atoms with Crippen molar-refractivity contribution < 1.29 is 38.6 Å². The van der Waals surface area contributed by atoms with Gasteiger partial charge in [-0.15, -0.1) is 0 Å². The second kappa shape index (κ2) is 17.6. The lowest BCUT2D eigenvalue weighted by Crippen LogP contribution is -2.45. The molecule has 4 rings (SSSR count). The molecule has 2 heterocycles. The van der Waals surface area contributed by atoms with Crippen LogP contribution >= 0.6 is 0 Å². The molecule has 8 N–H and O–H groups in total. The van der Waals surface area contributed by atoms with Crippen molar-refractivity contribution in [2.45, 2.75) is 50.1 Å². The number of methoxy groups -OCH3 is 2. The van der Waals surface area contributed by atoms with E-state index in [4.69, 9.17) is 20.9 Å². The van der Waals surface area contributed by atoms with Crippen LogP contribution in [0.25, 0.3) is 0 Å². The number of aromatic nitrogens is 2. The molecule has 0 fully saturated rings. The van der Waals surface area contributed by atoms with Crippen molar-refractivity contribution in [1.82, 2.24) is 20.6 Å². The van der Waals surface area contributed by atoms with Crippen LogP contribution in [0.1, 0.15) is 53.1 Å². The number of ether oxygens (including phenoxy) is 2. The van der Waals surface area contributed by atoms with E-state index in [0.29, 0.717) is 24.7 Å². The molecule has 16 heteroatoms. The van der Waals surface area contributed by atoms with Crippen molar-refractivity contribution in [3.05, 3.63) is 71.3 Å². The van der Waals surface area contributed by atoms with E-state index in [2.05, 4.69) is 25.9 Å². The molecule has 2 unspecified atom stereocenters. The summed E-state index contributed by atoms with van der Waals surface area (Å²) in [4.78, 5) is 73.3. The summed E-state index contributed by atoms with van der Waals surface area (Å²) in [6, 6.07) is 13.2. The number of carbonyl (C=O) groups is 5. The van der Waals surface area contributed by atoms with E-state index < -0.39 is 47.7 Å². The summed E-state index contributed by atoms with van der Waals surface area (Å²) in [5.41, 5.74) is 14.6. The molecule has 272 valence electrons. The predicted octanol–water partition coefficient (Wildman–Crippen LogP) is 1.72. The highest BCUT2D eigenvalue weighted by Gasteiger charge is 2.31. The second-order valence-corrected chi connectivity index (χ2v) is 12.3. The fraction of sp³-hybridized carbons (Fsp3) is 0.400. The number of amides is 2. The number of benzene rings is 2. The molecule has 1 aliphatic heterocycles. The number of aliphatic carboxylic acids is 1. The van der Waals surface area contributed by atoms with E-state index in [-0.39, 0.29) is 43.1 Å². The van der Waals surface area contributed by atoms with Crippen molar-refractivity contribution in [2.24, 2.45) is 5.92 Å². The van der Waals surface area contributed by atoms with Crippen LogP contribution in [0, 0.1) is 5.92 Å². The molecule has 1 aliphatic rings. The molecular weight excluding hydrogens is 660 g/mol. The van der Waals surface area contributed by atoms with Crippen LogP contribution in [-0.4, -0.2) is 91.2 Å². The van der Waals surface area contributed by atoms with Gasteiger partial charge in [-0.05, 0) is 55.5 Å². The lowest BCUT2D eigenvalue weighted by atomic mass is 9.92. The maximum Gasteiger partial charge on any atom is 0.328 e. The highest BCUT2D eigenvalue weighted by atomic mass is 16.5. The van der Waals surface area contributed by atoms with Gasteiger partial charge in [0.1, 0.15) is 23.7 Å². The van der Waals surface area contributed by atoms with Crippen LogP contribution in [0.4, 0.5) is 23.3 Å². The van der Waals surface area contributed by atoms with Gasteiger partial charge in [0.25, 0.3) is 5.91 Å². The Morgan fingerprint density at radius 3 is 2.29 bits per heavy atom. The normalized spacial score (nSPS) is 14.9.